The Balaban J connectivity index is 1.40. The van der Waals surface area contributed by atoms with E-state index in [1.165, 1.54) is 0 Å². The summed E-state index contributed by atoms with van der Waals surface area (Å²) in [4.78, 5) is 31.0. The third-order valence-corrected chi connectivity index (χ3v) is 6.40. The maximum atomic E-state index is 12.9. The molecular weight excluding hydrogens is 442 g/mol. The number of thioether (sulfide) groups is 1. The number of pyridine rings is 1. The van der Waals surface area contributed by atoms with Gasteiger partial charge in [-0.25, -0.2) is 0 Å². The number of nitrogens with zero attached hydrogens (tertiary/aromatic N) is 1. The first-order chi connectivity index (χ1) is 16.6. The van der Waals surface area contributed by atoms with Crippen LogP contribution in [0.25, 0.3) is 0 Å². The molecule has 34 heavy (non-hydrogen) atoms. The van der Waals surface area contributed by atoms with Crippen molar-refractivity contribution in [3.8, 4) is 0 Å². The van der Waals surface area contributed by atoms with Crippen molar-refractivity contribution < 1.29 is 9.59 Å². The van der Waals surface area contributed by atoms with Crippen LogP contribution >= 0.6 is 11.8 Å². The van der Waals surface area contributed by atoms with Gasteiger partial charge in [-0.2, -0.15) is 0 Å². The van der Waals surface area contributed by atoms with E-state index in [1.54, 1.807) is 54.4 Å². The van der Waals surface area contributed by atoms with Crippen LogP contribution in [-0.4, -0.2) is 16.8 Å². The predicted molar refractivity (Wildman–Crippen MR) is 137 cm³/mol. The molecule has 1 heterocycles. The highest BCUT2D eigenvalue weighted by Crippen LogP contribution is 2.24. The molecule has 2 N–H and O–H groups in total. The number of nitrogens with one attached hydrogen (secondary N) is 2. The first-order valence-electron chi connectivity index (χ1n) is 11.0. The molecule has 4 aromatic rings. The molecule has 1 atom stereocenters. The molecule has 0 saturated carbocycles. The van der Waals surface area contributed by atoms with Crippen LogP contribution in [-0.2, 0) is 5.75 Å². The molecule has 4 rings (SSSR count). The van der Waals surface area contributed by atoms with Crippen LogP contribution in [0.3, 0.4) is 0 Å². The summed E-state index contributed by atoms with van der Waals surface area (Å²) in [6.45, 7) is 1.93. The summed E-state index contributed by atoms with van der Waals surface area (Å²) in [5, 5.41) is 5.89. The van der Waals surface area contributed by atoms with E-state index in [1.807, 2.05) is 67.7 Å². The molecule has 5 nitrogen and oxygen atoms in total. The molecular formula is C28H25N3O2S. The zero-order valence-corrected chi connectivity index (χ0v) is 19.6. The number of hydrogen-bond donors (Lipinski definition) is 2. The molecule has 0 fully saturated rings. The summed E-state index contributed by atoms with van der Waals surface area (Å²) >= 11 is 1.68. The van der Waals surface area contributed by atoms with Gasteiger partial charge in [0.15, 0.2) is 0 Å². The van der Waals surface area contributed by atoms with E-state index < -0.39 is 0 Å². The zero-order valence-electron chi connectivity index (χ0n) is 18.8. The highest BCUT2D eigenvalue weighted by atomic mass is 32.2. The van der Waals surface area contributed by atoms with Crippen LogP contribution in [0.2, 0.25) is 0 Å². The van der Waals surface area contributed by atoms with Crippen molar-refractivity contribution in [1.29, 1.82) is 0 Å². The van der Waals surface area contributed by atoms with Crippen molar-refractivity contribution in [3.05, 3.63) is 126 Å². The number of carbonyl (C=O) groups is 2. The van der Waals surface area contributed by atoms with Crippen molar-refractivity contribution in [3.63, 3.8) is 0 Å². The molecule has 0 saturated heterocycles. The minimum atomic E-state index is -0.264. The fraction of sp³-hybridized carbons (Fsp3) is 0.107. The molecule has 6 heteroatoms. The van der Waals surface area contributed by atoms with Gasteiger partial charge in [-0.3, -0.25) is 14.6 Å². The second-order valence-electron chi connectivity index (χ2n) is 7.78. The molecule has 0 spiro atoms. The predicted octanol–water partition coefficient (Wildman–Crippen LogP) is 6.12. The van der Waals surface area contributed by atoms with Gasteiger partial charge in [0.1, 0.15) is 0 Å². The van der Waals surface area contributed by atoms with Gasteiger partial charge in [0.25, 0.3) is 11.8 Å². The van der Waals surface area contributed by atoms with Crippen LogP contribution in [0.1, 0.15) is 44.8 Å². The smallest absolute Gasteiger partial charge is 0.255 e. The quantitative estimate of drug-likeness (QED) is 0.306. The van der Waals surface area contributed by atoms with E-state index in [2.05, 4.69) is 15.6 Å². The summed E-state index contributed by atoms with van der Waals surface area (Å²) in [5.74, 6) is 0.304. The Morgan fingerprint density at radius 1 is 0.853 bits per heavy atom. The molecule has 0 radical (unpaired) electrons. The lowest BCUT2D eigenvalue weighted by Crippen LogP contribution is -2.28. The number of anilines is 1. The zero-order chi connectivity index (χ0) is 23.8. The fourth-order valence-corrected chi connectivity index (χ4v) is 4.27. The minimum absolute atomic E-state index is 0.158. The Kier molecular flexibility index (Phi) is 7.73. The number of hydrogen-bond acceptors (Lipinski definition) is 4. The Hall–Kier alpha value is -3.90. The van der Waals surface area contributed by atoms with Gasteiger partial charge < -0.3 is 10.6 Å². The molecule has 1 aromatic heterocycles. The number of rotatable bonds is 8. The number of benzene rings is 3. The topological polar surface area (TPSA) is 71.1 Å². The Morgan fingerprint density at radius 2 is 1.59 bits per heavy atom. The average Bonchev–Trinajstić information content (AvgIpc) is 2.89. The molecule has 3 aromatic carbocycles. The van der Waals surface area contributed by atoms with Crippen LogP contribution in [0.5, 0.6) is 0 Å². The lowest BCUT2D eigenvalue weighted by molar-refractivity contribution is 0.0940. The summed E-state index contributed by atoms with van der Waals surface area (Å²) in [7, 11) is 0. The largest absolute Gasteiger partial charge is 0.345 e. The van der Waals surface area contributed by atoms with E-state index >= 15 is 0 Å². The van der Waals surface area contributed by atoms with Crippen LogP contribution in [0.15, 0.2) is 108 Å². The summed E-state index contributed by atoms with van der Waals surface area (Å²) in [6.07, 6.45) is 3.61. The van der Waals surface area contributed by atoms with Gasteiger partial charge in [-0.1, -0.05) is 48.5 Å². The Bertz CT molecular complexity index is 1250. The second kappa shape index (κ2) is 11.3. The van der Waals surface area contributed by atoms with Gasteiger partial charge in [-0.05, 0) is 60.5 Å². The Labute approximate surface area is 203 Å². The molecule has 170 valence electrons. The first-order valence-corrected chi connectivity index (χ1v) is 12.0. The van der Waals surface area contributed by atoms with Crippen molar-refractivity contribution in [1.82, 2.24) is 10.3 Å². The van der Waals surface area contributed by atoms with Crippen molar-refractivity contribution >= 4 is 29.3 Å². The summed E-state index contributed by atoms with van der Waals surface area (Å²) in [5.41, 5.74) is 3.57. The standard InChI is InChI=1S/C28H25N3O2S/c1-20(22-9-3-2-4-10-22)30-28(33)25-11-5-6-12-26(25)31-27(32)23-13-15-24(16-14-23)34-19-21-8-7-17-29-18-21/h2-18,20H,19H2,1H3,(H,30,33)(H,31,32). The van der Waals surface area contributed by atoms with Gasteiger partial charge in [0.05, 0.1) is 17.3 Å². The SMILES string of the molecule is CC(NC(=O)c1ccccc1NC(=O)c1ccc(SCc2cccnc2)cc1)c1ccccc1. The first kappa shape index (κ1) is 23.3. The third-order valence-electron chi connectivity index (χ3n) is 5.31. The fourth-order valence-electron chi connectivity index (χ4n) is 3.44. The van der Waals surface area contributed by atoms with E-state index in [9.17, 15) is 9.59 Å². The maximum absolute atomic E-state index is 12.9. The molecule has 0 aliphatic rings. The third kappa shape index (κ3) is 6.11. The van der Waals surface area contributed by atoms with Gasteiger partial charge in [0, 0.05) is 28.6 Å². The molecule has 0 bridgehead atoms. The van der Waals surface area contributed by atoms with Crippen LogP contribution in [0, 0.1) is 0 Å². The molecule has 0 aliphatic carbocycles. The number of para-hydroxylation sites is 1. The van der Waals surface area contributed by atoms with Gasteiger partial charge in [-0.15, -0.1) is 11.8 Å². The van der Waals surface area contributed by atoms with Crippen molar-refractivity contribution in [2.45, 2.75) is 23.6 Å². The van der Waals surface area contributed by atoms with E-state index in [0.717, 1.165) is 21.8 Å². The number of carbonyl (C=O) groups excluding carboxylic acids is 2. The highest BCUT2D eigenvalue weighted by Gasteiger charge is 2.16. The van der Waals surface area contributed by atoms with Gasteiger partial charge in [0.2, 0.25) is 0 Å². The second-order valence-corrected chi connectivity index (χ2v) is 8.83. The molecule has 1 unspecified atom stereocenters. The lowest BCUT2D eigenvalue weighted by atomic mass is 10.1. The van der Waals surface area contributed by atoms with E-state index in [0.29, 0.717) is 16.8 Å². The maximum Gasteiger partial charge on any atom is 0.255 e. The number of amides is 2. The van der Waals surface area contributed by atoms with Gasteiger partial charge >= 0.3 is 0 Å². The van der Waals surface area contributed by atoms with Crippen molar-refractivity contribution in [2.24, 2.45) is 0 Å². The monoisotopic (exact) mass is 467 g/mol. The normalized spacial score (nSPS) is 11.4. The summed E-state index contributed by atoms with van der Waals surface area (Å²) < 4.78 is 0. The Morgan fingerprint density at radius 3 is 2.32 bits per heavy atom. The van der Waals surface area contributed by atoms with Crippen LogP contribution < -0.4 is 10.6 Å². The molecule has 0 aliphatic heterocycles. The molecule has 2 amide bonds. The average molecular weight is 468 g/mol. The highest BCUT2D eigenvalue weighted by molar-refractivity contribution is 7.98. The minimum Gasteiger partial charge on any atom is -0.345 e. The summed E-state index contributed by atoms with van der Waals surface area (Å²) in [6, 6.07) is 28.0. The van der Waals surface area contributed by atoms with E-state index in [4.69, 9.17) is 0 Å². The number of aromatic nitrogens is 1. The van der Waals surface area contributed by atoms with E-state index in [-0.39, 0.29) is 17.9 Å². The van der Waals surface area contributed by atoms with Crippen LogP contribution in [0.4, 0.5) is 5.69 Å². The lowest BCUT2D eigenvalue weighted by Gasteiger charge is -2.16. The van der Waals surface area contributed by atoms with Crippen molar-refractivity contribution in [2.75, 3.05) is 5.32 Å².